The number of carboxylic acid groups (broad SMARTS) is 1. The number of aryl methyl sites for hydroxylation is 2. The first-order valence-corrected chi connectivity index (χ1v) is 8.73. The topological polar surface area (TPSA) is 104 Å². The van der Waals surface area contributed by atoms with Crippen molar-refractivity contribution in [2.75, 3.05) is 14.2 Å². The molecule has 0 amide bonds. The van der Waals surface area contributed by atoms with E-state index < -0.39 is 0 Å². The van der Waals surface area contributed by atoms with Gasteiger partial charge in [0.1, 0.15) is 18.0 Å². The quantitative estimate of drug-likeness (QED) is 0.649. The number of ether oxygens (including phenoxy) is 2. The number of imidazole rings is 1. The summed E-state index contributed by atoms with van der Waals surface area (Å²) in [5.74, 6) is 3.05. The van der Waals surface area contributed by atoms with Gasteiger partial charge in [0.2, 0.25) is 0 Å². The molecule has 3 aromatic rings. The van der Waals surface area contributed by atoms with Crippen molar-refractivity contribution in [3.05, 3.63) is 42.2 Å². The SMILES string of the molecule is CCn1ncnc1C(C)n1ccnc1-c1cc(C)cc(OC)c1OC.O=CO. The van der Waals surface area contributed by atoms with Crippen molar-refractivity contribution < 1.29 is 19.4 Å². The molecule has 0 aliphatic carbocycles. The van der Waals surface area contributed by atoms with Crippen molar-refractivity contribution >= 4 is 6.47 Å². The molecule has 1 atom stereocenters. The zero-order valence-electron chi connectivity index (χ0n) is 16.7. The highest BCUT2D eigenvalue weighted by atomic mass is 16.5. The number of aromatic nitrogens is 5. The first-order chi connectivity index (χ1) is 13.5. The smallest absolute Gasteiger partial charge is 0.290 e. The fourth-order valence-corrected chi connectivity index (χ4v) is 3.07. The highest BCUT2D eigenvalue weighted by Crippen LogP contribution is 2.39. The van der Waals surface area contributed by atoms with Gasteiger partial charge in [0.05, 0.1) is 25.8 Å². The van der Waals surface area contributed by atoms with E-state index in [9.17, 15) is 0 Å². The van der Waals surface area contributed by atoms with E-state index in [2.05, 4.69) is 32.6 Å². The van der Waals surface area contributed by atoms with Crippen LogP contribution in [0.1, 0.15) is 31.3 Å². The molecule has 9 nitrogen and oxygen atoms in total. The minimum Gasteiger partial charge on any atom is -0.493 e. The molecule has 1 N–H and O–H groups in total. The van der Waals surface area contributed by atoms with Crippen molar-refractivity contribution in [1.29, 1.82) is 0 Å². The fourth-order valence-electron chi connectivity index (χ4n) is 3.07. The number of nitrogens with zero attached hydrogens (tertiary/aromatic N) is 5. The van der Waals surface area contributed by atoms with E-state index in [0.717, 1.165) is 29.3 Å². The predicted octanol–water partition coefficient (Wildman–Crippen LogP) is 2.80. The summed E-state index contributed by atoms with van der Waals surface area (Å²) in [6, 6.07) is 3.99. The van der Waals surface area contributed by atoms with Crippen LogP contribution in [0.5, 0.6) is 11.5 Å². The van der Waals surface area contributed by atoms with Gasteiger partial charge in [0.15, 0.2) is 11.5 Å². The van der Waals surface area contributed by atoms with E-state index in [0.29, 0.717) is 11.5 Å². The molecule has 2 heterocycles. The van der Waals surface area contributed by atoms with Crippen LogP contribution in [0, 0.1) is 6.92 Å². The first-order valence-electron chi connectivity index (χ1n) is 8.73. The molecule has 0 aliphatic rings. The van der Waals surface area contributed by atoms with Crippen LogP contribution in [-0.4, -0.2) is 50.1 Å². The van der Waals surface area contributed by atoms with Gasteiger partial charge < -0.3 is 19.1 Å². The Kier molecular flexibility index (Phi) is 7.14. The van der Waals surface area contributed by atoms with Crippen molar-refractivity contribution in [3.8, 4) is 22.9 Å². The van der Waals surface area contributed by atoms with Gasteiger partial charge in [-0.25, -0.2) is 14.6 Å². The highest BCUT2D eigenvalue weighted by Gasteiger charge is 2.22. The van der Waals surface area contributed by atoms with E-state index >= 15 is 0 Å². The Morgan fingerprint density at radius 2 is 1.96 bits per heavy atom. The maximum absolute atomic E-state index is 8.36. The summed E-state index contributed by atoms with van der Waals surface area (Å²) in [6.45, 7) is 6.68. The van der Waals surface area contributed by atoms with E-state index in [1.54, 1.807) is 26.7 Å². The third-order valence-electron chi connectivity index (χ3n) is 4.27. The van der Waals surface area contributed by atoms with Crippen LogP contribution >= 0.6 is 0 Å². The molecule has 0 radical (unpaired) electrons. The van der Waals surface area contributed by atoms with E-state index in [-0.39, 0.29) is 12.5 Å². The number of hydrogen-bond donors (Lipinski definition) is 1. The van der Waals surface area contributed by atoms with E-state index in [4.69, 9.17) is 19.4 Å². The molecule has 0 bridgehead atoms. The Hall–Kier alpha value is -3.36. The lowest BCUT2D eigenvalue weighted by molar-refractivity contribution is -0.122. The molecule has 28 heavy (non-hydrogen) atoms. The zero-order valence-corrected chi connectivity index (χ0v) is 16.7. The molecule has 0 saturated carbocycles. The van der Waals surface area contributed by atoms with E-state index in [1.807, 2.05) is 30.8 Å². The van der Waals surface area contributed by atoms with Gasteiger partial charge in [0, 0.05) is 18.9 Å². The van der Waals surface area contributed by atoms with Gasteiger partial charge in [0.25, 0.3) is 6.47 Å². The Labute approximate surface area is 163 Å². The third kappa shape index (κ3) is 4.13. The number of methoxy groups -OCH3 is 2. The lowest BCUT2D eigenvalue weighted by Gasteiger charge is -2.19. The van der Waals surface area contributed by atoms with Crippen LogP contribution in [0.3, 0.4) is 0 Å². The van der Waals surface area contributed by atoms with Crippen molar-refractivity contribution in [1.82, 2.24) is 24.3 Å². The molecule has 0 saturated heterocycles. The second-order valence-electron chi connectivity index (χ2n) is 5.92. The summed E-state index contributed by atoms with van der Waals surface area (Å²) in [4.78, 5) is 17.3. The van der Waals surface area contributed by atoms with Crippen molar-refractivity contribution in [3.63, 3.8) is 0 Å². The number of carbonyl (C=O) groups is 1. The minimum atomic E-state index is -0.250. The van der Waals surface area contributed by atoms with Crippen LogP contribution in [0.25, 0.3) is 11.4 Å². The Balaban J connectivity index is 0.000000878. The summed E-state index contributed by atoms with van der Waals surface area (Å²) in [6.07, 6.45) is 5.32. The maximum atomic E-state index is 8.36. The van der Waals surface area contributed by atoms with E-state index in [1.165, 1.54) is 0 Å². The molecule has 1 aromatic carbocycles. The Bertz CT molecular complexity index is 919. The molecular weight excluding hydrogens is 362 g/mol. The van der Waals surface area contributed by atoms with Gasteiger partial charge in [-0.1, -0.05) is 0 Å². The van der Waals surface area contributed by atoms with Crippen LogP contribution in [0.2, 0.25) is 0 Å². The Morgan fingerprint density at radius 3 is 2.57 bits per heavy atom. The molecule has 3 rings (SSSR count). The summed E-state index contributed by atoms with van der Waals surface area (Å²) in [5.41, 5.74) is 1.96. The van der Waals surface area contributed by atoms with Crippen molar-refractivity contribution in [2.45, 2.75) is 33.4 Å². The molecule has 1 unspecified atom stereocenters. The summed E-state index contributed by atoms with van der Waals surface area (Å²) < 4.78 is 15.0. The fraction of sp³-hybridized carbons (Fsp3) is 0.368. The maximum Gasteiger partial charge on any atom is 0.290 e. The number of benzene rings is 1. The predicted molar refractivity (Wildman–Crippen MR) is 104 cm³/mol. The molecule has 2 aromatic heterocycles. The molecular formula is C19H25N5O4. The standard InChI is InChI=1S/C18H23N5O2.CH2O2/c1-6-23-17(20-11-21-23)13(3)22-8-7-19-18(22)14-9-12(2)10-15(24-4)16(14)25-5;2-1-3/h7-11,13H,6H2,1-5H3;1H,(H,2,3). The lowest BCUT2D eigenvalue weighted by Crippen LogP contribution is -2.14. The molecule has 0 aliphatic heterocycles. The minimum absolute atomic E-state index is 0.0174. The molecule has 9 heteroatoms. The van der Waals surface area contributed by atoms with Crippen LogP contribution in [0.15, 0.2) is 30.9 Å². The van der Waals surface area contributed by atoms with Crippen molar-refractivity contribution in [2.24, 2.45) is 0 Å². The highest BCUT2D eigenvalue weighted by molar-refractivity contribution is 5.70. The van der Waals surface area contributed by atoms with Crippen LogP contribution in [-0.2, 0) is 11.3 Å². The first kappa shape index (κ1) is 20.9. The van der Waals surface area contributed by atoms with Gasteiger partial charge in [-0.15, -0.1) is 0 Å². The molecule has 0 spiro atoms. The third-order valence-corrected chi connectivity index (χ3v) is 4.27. The summed E-state index contributed by atoms with van der Waals surface area (Å²) >= 11 is 0. The molecule has 0 fully saturated rings. The summed E-state index contributed by atoms with van der Waals surface area (Å²) in [5, 5.41) is 11.2. The summed E-state index contributed by atoms with van der Waals surface area (Å²) in [7, 11) is 3.28. The largest absolute Gasteiger partial charge is 0.493 e. The van der Waals surface area contributed by atoms with Gasteiger partial charge in [-0.05, 0) is 38.5 Å². The zero-order chi connectivity index (χ0) is 20.7. The molecule has 150 valence electrons. The average molecular weight is 387 g/mol. The van der Waals surface area contributed by atoms with Gasteiger partial charge in [-0.2, -0.15) is 5.10 Å². The van der Waals surface area contributed by atoms with Gasteiger partial charge in [-0.3, -0.25) is 4.79 Å². The Morgan fingerprint density at radius 1 is 1.25 bits per heavy atom. The monoisotopic (exact) mass is 387 g/mol. The average Bonchev–Trinajstić information content (AvgIpc) is 3.36. The van der Waals surface area contributed by atoms with Gasteiger partial charge >= 0.3 is 0 Å². The van der Waals surface area contributed by atoms with Crippen LogP contribution in [0.4, 0.5) is 0 Å². The normalized spacial score (nSPS) is 11.3. The lowest BCUT2D eigenvalue weighted by atomic mass is 10.1. The second-order valence-corrected chi connectivity index (χ2v) is 5.92. The number of rotatable bonds is 6. The second kappa shape index (κ2) is 9.54. The number of hydrogen-bond acceptors (Lipinski definition) is 6. The van der Waals surface area contributed by atoms with Crippen LogP contribution < -0.4 is 9.47 Å².